The lowest BCUT2D eigenvalue weighted by Crippen LogP contribution is -2.45. The predicted molar refractivity (Wildman–Crippen MR) is 118 cm³/mol. The van der Waals surface area contributed by atoms with Crippen molar-refractivity contribution in [1.82, 2.24) is 10.6 Å². The van der Waals surface area contributed by atoms with Crippen LogP contribution in [0.5, 0.6) is 0 Å². The zero-order valence-electron chi connectivity index (χ0n) is 15.8. The molecule has 1 saturated heterocycles. The summed E-state index contributed by atoms with van der Waals surface area (Å²) < 4.78 is 11.1. The number of nitrogens with zero attached hydrogens (tertiary/aromatic N) is 1. The lowest BCUT2D eigenvalue weighted by Gasteiger charge is -2.29. The second kappa shape index (κ2) is 14.3. The van der Waals surface area contributed by atoms with Crippen LogP contribution in [0.3, 0.4) is 0 Å². The largest absolute Gasteiger partial charge is 0.381 e. The van der Waals surface area contributed by atoms with Gasteiger partial charge in [-0.3, -0.25) is 4.99 Å². The second-order valence-electron chi connectivity index (χ2n) is 6.78. The SMILES string of the molecule is CCNC(=NCCCOCC1CCOC1)NC1CCCC(SC)C1.I. The molecule has 2 N–H and O–H groups in total. The molecule has 0 radical (unpaired) electrons. The molecule has 0 bridgehead atoms. The van der Waals surface area contributed by atoms with Crippen molar-refractivity contribution in [2.75, 3.05) is 45.8 Å². The fraction of sp³-hybridized carbons (Fsp3) is 0.944. The van der Waals surface area contributed by atoms with Gasteiger partial charge in [-0.15, -0.1) is 24.0 Å². The molecule has 2 rings (SSSR count). The van der Waals surface area contributed by atoms with Crippen molar-refractivity contribution in [3.05, 3.63) is 0 Å². The van der Waals surface area contributed by atoms with Crippen molar-refractivity contribution >= 4 is 41.7 Å². The maximum atomic E-state index is 5.75. The summed E-state index contributed by atoms with van der Waals surface area (Å²) >= 11 is 2.00. The molecule has 0 amide bonds. The third-order valence-electron chi connectivity index (χ3n) is 4.74. The Morgan fingerprint density at radius 2 is 2.20 bits per heavy atom. The zero-order chi connectivity index (χ0) is 17.0. The van der Waals surface area contributed by atoms with E-state index in [0.717, 1.165) is 63.6 Å². The third-order valence-corrected chi connectivity index (χ3v) is 5.83. The van der Waals surface area contributed by atoms with Gasteiger partial charge < -0.3 is 20.1 Å². The number of hydrogen-bond acceptors (Lipinski definition) is 4. The first kappa shape index (κ1) is 23.3. The Bertz CT molecular complexity index is 368. The molecule has 1 heterocycles. The first-order valence-corrected chi connectivity index (χ1v) is 10.8. The van der Waals surface area contributed by atoms with Crippen LogP contribution >= 0.6 is 35.7 Å². The van der Waals surface area contributed by atoms with Crippen LogP contribution in [0.15, 0.2) is 4.99 Å². The molecule has 25 heavy (non-hydrogen) atoms. The Morgan fingerprint density at radius 1 is 1.32 bits per heavy atom. The number of thioether (sulfide) groups is 1. The first-order chi connectivity index (χ1) is 11.8. The minimum absolute atomic E-state index is 0. The summed E-state index contributed by atoms with van der Waals surface area (Å²) in [5.74, 6) is 1.57. The summed E-state index contributed by atoms with van der Waals surface area (Å²) in [6, 6.07) is 0.563. The van der Waals surface area contributed by atoms with E-state index in [4.69, 9.17) is 14.5 Å². The molecule has 5 nitrogen and oxygen atoms in total. The average molecular weight is 485 g/mol. The molecule has 0 aromatic heterocycles. The van der Waals surface area contributed by atoms with Crippen LogP contribution in [-0.2, 0) is 9.47 Å². The fourth-order valence-electron chi connectivity index (χ4n) is 3.33. The van der Waals surface area contributed by atoms with Crippen molar-refractivity contribution in [1.29, 1.82) is 0 Å². The average Bonchev–Trinajstić information content (AvgIpc) is 3.11. The molecule has 0 spiro atoms. The van der Waals surface area contributed by atoms with E-state index in [2.05, 4.69) is 23.8 Å². The summed E-state index contributed by atoms with van der Waals surface area (Å²) in [6.07, 6.45) is 9.53. The van der Waals surface area contributed by atoms with Crippen molar-refractivity contribution in [2.24, 2.45) is 10.9 Å². The molecular weight excluding hydrogens is 449 g/mol. The maximum absolute atomic E-state index is 5.75. The molecule has 1 aliphatic heterocycles. The third kappa shape index (κ3) is 9.68. The topological polar surface area (TPSA) is 54.9 Å². The lowest BCUT2D eigenvalue weighted by molar-refractivity contribution is 0.0893. The van der Waals surface area contributed by atoms with Crippen LogP contribution in [0.25, 0.3) is 0 Å². The van der Waals surface area contributed by atoms with Gasteiger partial charge in [-0.25, -0.2) is 0 Å². The van der Waals surface area contributed by atoms with Crippen LogP contribution in [0.4, 0.5) is 0 Å². The predicted octanol–water partition coefficient (Wildman–Crippen LogP) is 3.28. The number of halogens is 1. The molecular formula is C18H36IN3O2S. The Kier molecular flexibility index (Phi) is 13.4. The van der Waals surface area contributed by atoms with Crippen molar-refractivity contribution < 1.29 is 9.47 Å². The van der Waals surface area contributed by atoms with Crippen molar-refractivity contribution in [3.63, 3.8) is 0 Å². The molecule has 2 aliphatic rings. The van der Waals surface area contributed by atoms with Crippen LogP contribution in [0.2, 0.25) is 0 Å². The minimum Gasteiger partial charge on any atom is -0.381 e. The number of ether oxygens (including phenoxy) is 2. The number of aliphatic imine (C=N–C) groups is 1. The van der Waals surface area contributed by atoms with Crippen molar-refractivity contribution in [3.8, 4) is 0 Å². The van der Waals surface area contributed by atoms with Gasteiger partial charge in [0.15, 0.2) is 5.96 Å². The van der Waals surface area contributed by atoms with Crippen LogP contribution in [0, 0.1) is 5.92 Å². The van der Waals surface area contributed by atoms with Gasteiger partial charge in [-0.1, -0.05) is 6.42 Å². The molecule has 148 valence electrons. The summed E-state index contributed by atoms with van der Waals surface area (Å²) in [7, 11) is 0. The number of guanidine groups is 1. The van der Waals surface area contributed by atoms with Crippen LogP contribution in [-0.4, -0.2) is 63.0 Å². The van der Waals surface area contributed by atoms with E-state index in [1.165, 1.54) is 25.7 Å². The van der Waals surface area contributed by atoms with Crippen molar-refractivity contribution in [2.45, 2.75) is 56.7 Å². The van der Waals surface area contributed by atoms with Gasteiger partial charge in [0.25, 0.3) is 0 Å². The molecule has 0 aromatic rings. The standard InChI is InChI=1S/C18H35N3O2S.HI/c1-3-19-18(21-16-6-4-7-17(12-16)24-2)20-9-5-10-22-13-15-8-11-23-14-15;/h15-17H,3-14H2,1-2H3,(H2,19,20,21);1H. The lowest BCUT2D eigenvalue weighted by atomic mass is 9.95. The van der Waals surface area contributed by atoms with Gasteiger partial charge in [0.2, 0.25) is 0 Å². The van der Waals surface area contributed by atoms with Gasteiger partial charge in [0.1, 0.15) is 0 Å². The first-order valence-electron chi connectivity index (χ1n) is 9.55. The molecule has 3 unspecified atom stereocenters. The molecule has 3 atom stereocenters. The quantitative estimate of drug-likeness (QED) is 0.227. The Labute approximate surface area is 174 Å². The normalized spacial score (nSPS) is 27.0. The van der Waals surface area contributed by atoms with Gasteiger partial charge in [0.05, 0.1) is 13.2 Å². The number of nitrogens with one attached hydrogen (secondary N) is 2. The number of hydrogen-bond donors (Lipinski definition) is 2. The van der Waals surface area contributed by atoms with E-state index in [9.17, 15) is 0 Å². The highest BCUT2D eigenvalue weighted by Gasteiger charge is 2.21. The van der Waals surface area contributed by atoms with E-state index < -0.39 is 0 Å². The van der Waals surface area contributed by atoms with Crippen LogP contribution in [0.1, 0.15) is 45.4 Å². The zero-order valence-corrected chi connectivity index (χ0v) is 18.9. The summed E-state index contributed by atoms with van der Waals surface area (Å²) in [6.45, 7) is 7.23. The summed E-state index contributed by atoms with van der Waals surface area (Å²) in [5, 5.41) is 7.80. The molecule has 1 aliphatic carbocycles. The minimum atomic E-state index is 0. The molecule has 2 fully saturated rings. The molecule has 0 aromatic carbocycles. The molecule has 1 saturated carbocycles. The highest BCUT2D eigenvalue weighted by molar-refractivity contribution is 14.0. The second-order valence-corrected chi connectivity index (χ2v) is 7.92. The Balaban J connectivity index is 0.00000312. The summed E-state index contributed by atoms with van der Waals surface area (Å²) in [5.41, 5.74) is 0. The van der Waals surface area contributed by atoms with Gasteiger partial charge in [-0.05, 0) is 45.3 Å². The smallest absolute Gasteiger partial charge is 0.191 e. The Hall–Kier alpha value is 0.270. The highest BCUT2D eigenvalue weighted by atomic mass is 127. The van der Waals surface area contributed by atoms with E-state index in [-0.39, 0.29) is 24.0 Å². The highest BCUT2D eigenvalue weighted by Crippen LogP contribution is 2.26. The number of rotatable bonds is 9. The molecule has 7 heteroatoms. The van der Waals surface area contributed by atoms with Crippen LogP contribution < -0.4 is 10.6 Å². The monoisotopic (exact) mass is 485 g/mol. The fourth-order valence-corrected chi connectivity index (χ4v) is 4.15. The Morgan fingerprint density at radius 3 is 2.92 bits per heavy atom. The van der Waals surface area contributed by atoms with Gasteiger partial charge in [-0.2, -0.15) is 11.8 Å². The van der Waals surface area contributed by atoms with E-state index in [1.54, 1.807) is 0 Å². The van der Waals surface area contributed by atoms with Gasteiger partial charge >= 0.3 is 0 Å². The van der Waals surface area contributed by atoms with Gasteiger partial charge in [0, 0.05) is 43.5 Å². The van der Waals surface area contributed by atoms with E-state index in [1.807, 2.05) is 11.8 Å². The maximum Gasteiger partial charge on any atom is 0.191 e. The summed E-state index contributed by atoms with van der Waals surface area (Å²) in [4.78, 5) is 4.71. The van der Waals surface area contributed by atoms with E-state index >= 15 is 0 Å². The van der Waals surface area contributed by atoms with E-state index in [0.29, 0.717) is 12.0 Å².